The molecule has 0 spiro atoms. The number of pyridine rings is 1. The minimum Gasteiger partial charge on any atom is -0.424 e. The van der Waals surface area contributed by atoms with E-state index in [2.05, 4.69) is 0 Å². The molecule has 0 radical (unpaired) electrons. The monoisotopic (exact) mass is 411 g/mol. The van der Waals surface area contributed by atoms with Crippen molar-refractivity contribution < 1.29 is 18.4 Å². The van der Waals surface area contributed by atoms with Crippen molar-refractivity contribution in [3.63, 3.8) is 0 Å². The van der Waals surface area contributed by atoms with Crippen molar-refractivity contribution in [3.8, 4) is 0 Å². The van der Waals surface area contributed by atoms with Crippen molar-refractivity contribution in [3.05, 3.63) is 91.6 Å². The summed E-state index contributed by atoms with van der Waals surface area (Å²) in [5.41, 5.74) is -0.268. The second-order valence-electron chi connectivity index (χ2n) is 7.37. The Balaban J connectivity index is 1.84. The van der Waals surface area contributed by atoms with Gasteiger partial charge in [0.25, 0.3) is 5.56 Å². The van der Waals surface area contributed by atoms with Crippen LogP contribution < -0.4 is 11.0 Å². The first-order valence-electron chi connectivity index (χ1n) is 9.76. The summed E-state index contributed by atoms with van der Waals surface area (Å²) in [6, 6.07) is 13.4. The predicted molar refractivity (Wildman–Crippen MR) is 113 cm³/mol. The molecule has 2 aromatic carbocycles. The molecule has 0 N–H and O–H groups in total. The quantitative estimate of drug-likeness (QED) is 0.383. The number of para-hydroxylation sites is 1. The minimum absolute atomic E-state index is 0.0753. The smallest absolute Gasteiger partial charge is 0.303 e. The number of hydrogen-bond donors (Lipinski definition) is 0. The Kier molecular flexibility index (Phi) is 3.34. The van der Waals surface area contributed by atoms with Crippen LogP contribution in [0.4, 0.5) is 0 Å². The van der Waals surface area contributed by atoms with Crippen molar-refractivity contribution in [1.29, 1.82) is 0 Å². The fraction of sp³-hybridized carbons (Fsp3) is 0.0833. The van der Waals surface area contributed by atoms with Crippen LogP contribution in [0.5, 0.6) is 0 Å². The van der Waals surface area contributed by atoms with Gasteiger partial charge in [0.05, 0.1) is 11.1 Å². The number of aryl methyl sites for hydroxylation is 1. The highest BCUT2D eigenvalue weighted by Crippen LogP contribution is 2.35. The van der Waals surface area contributed by atoms with Gasteiger partial charge in [-0.25, -0.2) is 0 Å². The zero-order valence-corrected chi connectivity index (χ0v) is 16.2. The summed E-state index contributed by atoms with van der Waals surface area (Å²) in [6.45, 7) is 2.15. The van der Waals surface area contributed by atoms with Crippen LogP contribution in [0.3, 0.4) is 0 Å². The number of carbonyl (C=O) groups excluding carboxylic acids is 2. The van der Waals surface area contributed by atoms with Gasteiger partial charge in [-0.2, -0.15) is 0 Å². The molecular weight excluding hydrogens is 398 g/mol. The van der Waals surface area contributed by atoms with Crippen molar-refractivity contribution in [1.82, 2.24) is 4.57 Å². The van der Waals surface area contributed by atoms with Gasteiger partial charge in [-0.15, -0.1) is 0 Å². The van der Waals surface area contributed by atoms with Crippen LogP contribution >= 0.6 is 0 Å². The number of benzene rings is 2. The average molecular weight is 411 g/mol. The van der Waals surface area contributed by atoms with Crippen molar-refractivity contribution in [2.75, 3.05) is 0 Å². The molecule has 1 aliphatic rings. The SMILES string of the molecule is CCn1c(=O)c2c(=O)c3c4c(oc3oc2c2ccccc21)C(=O)c1ccccc1C4=O. The normalized spacial score (nSPS) is 13.2. The molecule has 1 aliphatic carbocycles. The summed E-state index contributed by atoms with van der Waals surface area (Å²) in [6.07, 6.45) is 0. The lowest BCUT2D eigenvalue weighted by Crippen LogP contribution is -2.25. The molecule has 31 heavy (non-hydrogen) atoms. The number of rotatable bonds is 1. The van der Waals surface area contributed by atoms with E-state index in [1.165, 1.54) is 16.7 Å². The molecule has 150 valence electrons. The lowest BCUT2D eigenvalue weighted by Gasteiger charge is -2.12. The summed E-state index contributed by atoms with van der Waals surface area (Å²) in [5.74, 6) is -1.49. The molecule has 0 fully saturated rings. The molecule has 5 aromatic rings. The van der Waals surface area contributed by atoms with Gasteiger partial charge in [-0.05, 0) is 19.1 Å². The van der Waals surface area contributed by atoms with Gasteiger partial charge >= 0.3 is 5.78 Å². The Morgan fingerprint density at radius 2 is 1.48 bits per heavy atom. The summed E-state index contributed by atoms with van der Waals surface area (Å²) in [4.78, 5) is 52.8. The van der Waals surface area contributed by atoms with E-state index in [9.17, 15) is 19.2 Å². The minimum atomic E-state index is -0.681. The van der Waals surface area contributed by atoms with E-state index in [0.717, 1.165) is 0 Å². The Morgan fingerprint density at radius 3 is 2.23 bits per heavy atom. The first-order valence-corrected chi connectivity index (χ1v) is 9.76. The second-order valence-corrected chi connectivity index (χ2v) is 7.37. The number of furan rings is 1. The maximum atomic E-state index is 13.5. The van der Waals surface area contributed by atoms with E-state index < -0.39 is 22.6 Å². The Labute approximate surface area is 173 Å². The van der Waals surface area contributed by atoms with Crippen LogP contribution in [0.1, 0.15) is 39.0 Å². The fourth-order valence-electron chi connectivity index (χ4n) is 4.42. The lowest BCUT2D eigenvalue weighted by atomic mass is 9.87. The number of carbonyl (C=O) groups is 2. The van der Waals surface area contributed by atoms with Crippen LogP contribution in [0.15, 0.2) is 67.0 Å². The number of nitrogens with zero attached hydrogens (tertiary/aromatic N) is 1. The van der Waals surface area contributed by atoms with E-state index in [-0.39, 0.29) is 44.6 Å². The van der Waals surface area contributed by atoms with Gasteiger partial charge in [-0.1, -0.05) is 36.4 Å². The highest BCUT2D eigenvalue weighted by atomic mass is 16.5. The van der Waals surface area contributed by atoms with Crippen LogP contribution in [-0.4, -0.2) is 16.1 Å². The predicted octanol–water partition coefficient (Wildman–Crippen LogP) is 3.65. The van der Waals surface area contributed by atoms with Gasteiger partial charge in [0.15, 0.2) is 17.1 Å². The lowest BCUT2D eigenvalue weighted by molar-refractivity contribution is 0.0961. The third-order valence-corrected chi connectivity index (χ3v) is 5.82. The molecule has 0 saturated carbocycles. The number of aromatic nitrogens is 1. The zero-order valence-electron chi connectivity index (χ0n) is 16.2. The standard InChI is InChI=1S/C24H13NO6/c1-2-25-14-10-6-5-9-13(14)21-17(23(25)29)20(28)16-15-18(26)11-7-3-4-8-12(11)19(27)22(15)31-24(16)30-21/h3-10H,2H2,1H3. The summed E-state index contributed by atoms with van der Waals surface area (Å²) in [7, 11) is 0. The number of hydrogen-bond acceptors (Lipinski definition) is 6. The van der Waals surface area contributed by atoms with Crippen molar-refractivity contribution in [2.45, 2.75) is 13.5 Å². The third-order valence-electron chi connectivity index (χ3n) is 5.82. The zero-order chi connectivity index (χ0) is 21.4. The van der Waals surface area contributed by atoms with E-state index in [1.807, 2.05) is 0 Å². The van der Waals surface area contributed by atoms with Crippen molar-refractivity contribution >= 4 is 44.6 Å². The molecule has 0 unspecified atom stereocenters. The highest BCUT2D eigenvalue weighted by Gasteiger charge is 2.37. The van der Waals surface area contributed by atoms with Crippen LogP contribution in [0.2, 0.25) is 0 Å². The molecule has 0 atom stereocenters. The third kappa shape index (κ3) is 2.07. The molecule has 7 nitrogen and oxygen atoms in total. The highest BCUT2D eigenvalue weighted by molar-refractivity contribution is 6.31. The molecular formula is C24H13NO6. The molecule has 0 saturated heterocycles. The average Bonchev–Trinajstić information content (AvgIpc) is 3.18. The van der Waals surface area contributed by atoms with Gasteiger partial charge in [0.2, 0.25) is 11.2 Å². The Bertz CT molecular complexity index is 1750. The van der Waals surface area contributed by atoms with Gasteiger partial charge < -0.3 is 13.4 Å². The van der Waals surface area contributed by atoms with Gasteiger partial charge in [0, 0.05) is 23.1 Å². The summed E-state index contributed by atoms with van der Waals surface area (Å²) < 4.78 is 13.0. The molecule has 0 aliphatic heterocycles. The molecule has 0 amide bonds. The van der Waals surface area contributed by atoms with E-state index in [4.69, 9.17) is 8.83 Å². The van der Waals surface area contributed by atoms with Crippen LogP contribution in [0, 0.1) is 0 Å². The Morgan fingerprint density at radius 1 is 0.806 bits per heavy atom. The Hall–Kier alpha value is -4.26. The maximum Gasteiger partial charge on any atom is 0.303 e. The fourth-order valence-corrected chi connectivity index (χ4v) is 4.42. The van der Waals surface area contributed by atoms with E-state index in [1.54, 1.807) is 43.3 Å². The van der Waals surface area contributed by atoms with Crippen LogP contribution in [0.25, 0.3) is 33.0 Å². The number of ketones is 2. The second kappa shape index (κ2) is 5.89. The van der Waals surface area contributed by atoms with Gasteiger partial charge in [-0.3, -0.25) is 19.2 Å². The van der Waals surface area contributed by atoms with Crippen LogP contribution in [-0.2, 0) is 6.54 Å². The summed E-state index contributed by atoms with van der Waals surface area (Å²) in [5, 5.41) is 0.217. The topological polar surface area (TPSA) is 99.5 Å². The van der Waals surface area contributed by atoms with Crippen molar-refractivity contribution in [2.24, 2.45) is 0 Å². The van der Waals surface area contributed by atoms with Gasteiger partial charge in [0.1, 0.15) is 10.8 Å². The molecule has 0 bridgehead atoms. The molecule has 7 heteroatoms. The number of fused-ring (bicyclic) bond motifs is 7. The maximum absolute atomic E-state index is 13.5. The summed E-state index contributed by atoms with van der Waals surface area (Å²) >= 11 is 0. The molecule has 3 heterocycles. The van der Waals surface area contributed by atoms with E-state index in [0.29, 0.717) is 17.4 Å². The largest absolute Gasteiger partial charge is 0.424 e. The van der Waals surface area contributed by atoms with E-state index >= 15 is 0 Å². The molecule has 6 rings (SSSR count). The first-order chi connectivity index (χ1) is 15.0. The molecule has 3 aromatic heterocycles. The first kappa shape index (κ1) is 17.6.